The number of fused-ring (bicyclic) bond motifs is 1. The standard InChI is InChI=1S/C27H32FN5O/c1-27(2,34)20-9-12-25(29-18-20)32-13-15-33(16-14-32)26-23-6-4-3-5-22(23)24(30-31-26)17-19-7-10-21(28)11-8-19/h7-12,18,34H,3-6,13-17H2,1-2H3. The number of anilines is 2. The zero-order valence-corrected chi connectivity index (χ0v) is 20.0. The van der Waals surface area contributed by atoms with E-state index in [0.717, 1.165) is 67.5 Å². The van der Waals surface area contributed by atoms with Gasteiger partial charge in [-0.3, -0.25) is 0 Å². The second kappa shape index (κ2) is 9.29. The summed E-state index contributed by atoms with van der Waals surface area (Å²) >= 11 is 0. The molecule has 5 rings (SSSR count). The van der Waals surface area contributed by atoms with Crippen LogP contribution in [0.15, 0.2) is 42.6 Å². The van der Waals surface area contributed by atoms with Crippen LogP contribution in [-0.4, -0.2) is 46.5 Å². The number of rotatable bonds is 5. The topological polar surface area (TPSA) is 65.4 Å². The molecule has 0 bridgehead atoms. The summed E-state index contributed by atoms with van der Waals surface area (Å²) in [5, 5.41) is 19.5. The number of pyridine rings is 1. The average molecular weight is 462 g/mol. The minimum Gasteiger partial charge on any atom is -0.386 e. The summed E-state index contributed by atoms with van der Waals surface area (Å²) in [7, 11) is 0. The third kappa shape index (κ3) is 4.75. The summed E-state index contributed by atoms with van der Waals surface area (Å²) in [5.41, 5.74) is 4.71. The highest BCUT2D eigenvalue weighted by atomic mass is 19.1. The van der Waals surface area contributed by atoms with E-state index < -0.39 is 5.60 Å². The monoisotopic (exact) mass is 461 g/mol. The maximum Gasteiger partial charge on any atom is 0.154 e. The molecule has 178 valence electrons. The molecule has 7 heteroatoms. The third-order valence-electron chi connectivity index (χ3n) is 6.99. The molecular weight excluding hydrogens is 429 g/mol. The van der Waals surface area contributed by atoms with Crippen LogP contribution >= 0.6 is 0 Å². The van der Waals surface area contributed by atoms with Crippen molar-refractivity contribution in [3.8, 4) is 0 Å². The van der Waals surface area contributed by atoms with Gasteiger partial charge < -0.3 is 14.9 Å². The lowest BCUT2D eigenvalue weighted by Gasteiger charge is -2.37. The van der Waals surface area contributed by atoms with Crippen LogP contribution in [0.5, 0.6) is 0 Å². The lowest BCUT2D eigenvalue weighted by Crippen LogP contribution is -2.47. The summed E-state index contributed by atoms with van der Waals surface area (Å²) in [6, 6.07) is 10.6. The van der Waals surface area contributed by atoms with Gasteiger partial charge in [0.2, 0.25) is 0 Å². The number of hydrogen-bond donors (Lipinski definition) is 1. The fraction of sp³-hybridized carbons (Fsp3) is 0.444. The average Bonchev–Trinajstić information content (AvgIpc) is 2.85. The van der Waals surface area contributed by atoms with Crippen LogP contribution in [0.25, 0.3) is 0 Å². The molecule has 2 aromatic heterocycles. The number of piperazine rings is 1. The Morgan fingerprint density at radius 2 is 1.56 bits per heavy atom. The molecule has 0 spiro atoms. The Hall–Kier alpha value is -3.06. The number of aromatic nitrogens is 3. The summed E-state index contributed by atoms with van der Waals surface area (Å²) in [6.45, 7) is 7.01. The first kappa shape index (κ1) is 22.7. The molecular formula is C27H32FN5O. The van der Waals surface area contributed by atoms with Gasteiger partial charge in [-0.15, -0.1) is 5.10 Å². The molecule has 34 heavy (non-hydrogen) atoms. The van der Waals surface area contributed by atoms with Crippen molar-refractivity contribution >= 4 is 11.6 Å². The van der Waals surface area contributed by atoms with E-state index in [-0.39, 0.29) is 5.82 Å². The number of halogens is 1. The van der Waals surface area contributed by atoms with Crippen molar-refractivity contribution in [2.45, 2.75) is 51.6 Å². The molecule has 0 unspecified atom stereocenters. The molecule has 0 atom stereocenters. The van der Waals surface area contributed by atoms with Gasteiger partial charge in [-0.2, -0.15) is 5.10 Å². The fourth-order valence-electron chi connectivity index (χ4n) is 4.97. The van der Waals surface area contributed by atoms with Crippen molar-refractivity contribution in [3.63, 3.8) is 0 Å². The van der Waals surface area contributed by atoms with Gasteiger partial charge in [0, 0.05) is 49.9 Å². The Labute approximate surface area is 200 Å². The summed E-state index contributed by atoms with van der Waals surface area (Å²) in [6.07, 6.45) is 6.88. The molecule has 1 aromatic carbocycles. The quantitative estimate of drug-likeness (QED) is 0.619. The van der Waals surface area contributed by atoms with Crippen molar-refractivity contribution in [2.75, 3.05) is 36.0 Å². The van der Waals surface area contributed by atoms with E-state index in [9.17, 15) is 9.50 Å². The van der Waals surface area contributed by atoms with Crippen molar-refractivity contribution in [1.82, 2.24) is 15.2 Å². The van der Waals surface area contributed by atoms with Gasteiger partial charge in [-0.25, -0.2) is 9.37 Å². The molecule has 1 N–H and O–H groups in total. The van der Waals surface area contributed by atoms with Crippen molar-refractivity contribution in [1.29, 1.82) is 0 Å². The molecule has 0 radical (unpaired) electrons. The summed E-state index contributed by atoms with van der Waals surface area (Å²) in [4.78, 5) is 9.24. The smallest absolute Gasteiger partial charge is 0.154 e. The second-order valence-corrected chi connectivity index (χ2v) is 9.88. The molecule has 6 nitrogen and oxygen atoms in total. The predicted octanol–water partition coefficient (Wildman–Crippen LogP) is 4.03. The highest BCUT2D eigenvalue weighted by Gasteiger charge is 2.26. The summed E-state index contributed by atoms with van der Waals surface area (Å²) < 4.78 is 13.3. The molecule has 2 aliphatic rings. The zero-order chi connectivity index (χ0) is 23.7. The van der Waals surface area contributed by atoms with Crippen LogP contribution < -0.4 is 9.80 Å². The molecule has 3 aromatic rings. The van der Waals surface area contributed by atoms with Crippen LogP contribution in [0.3, 0.4) is 0 Å². The van der Waals surface area contributed by atoms with E-state index in [4.69, 9.17) is 5.10 Å². The Kier molecular flexibility index (Phi) is 6.21. The highest BCUT2D eigenvalue weighted by Crippen LogP contribution is 2.32. The number of hydrogen-bond acceptors (Lipinski definition) is 6. The van der Waals surface area contributed by atoms with Crippen molar-refractivity contribution in [2.24, 2.45) is 0 Å². The van der Waals surface area contributed by atoms with Gasteiger partial charge >= 0.3 is 0 Å². The summed E-state index contributed by atoms with van der Waals surface area (Å²) in [5.74, 6) is 1.76. The van der Waals surface area contributed by atoms with Crippen molar-refractivity contribution in [3.05, 3.63) is 76.4 Å². The minimum absolute atomic E-state index is 0.213. The normalized spacial score (nSPS) is 16.5. The van der Waals surface area contributed by atoms with Gasteiger partial charge in [-0.1, -0.05) is 18.2 Å². The lowest BCUT2D eigenvalue weighted by atomic mass is 9.89. The van der Waals surface area contributed by atoms with E-state index in [1.807, 2.05) is 24.3 Å². The molecule has 0 saturated carbocycles. The third-order valence-corrected chi connectivity index (χ3v) is 6.99. The first-order chi connectivity index (χ1) is 16.4. The van der Waals surface area contributed by atoms with E-state index in [2.05, 4.69) is 19.9 Å². The maximum atomic E-state index is 13.3. The van der Waals surface area contributed by atoms with E-state index >= 15 is 0 Å². The fourth-order valence-corrected chi connectivity index (χ4v) is 4.97. The molecule has 0 amide bonds. The van der Waals surface area contributed by atoms with Gasteiger partial charge in [-0.05, 0) is 68.9 Å². The Morgan fingerprint density at radius 3 is 2.21 bits per heavy atom. The second-order valence-electron chi connectivity index (χ2n) is 9.88. The Morgan fingerprint density at radius 1 is 0.882 bits per heavy atom. The van der Waals surface area contributed by atoms with Gasteiger partial charge in [0.05, 0.1) is 11.3 Å². The molecule has 1 fully saturated rings. The van der Waals surface area contributed by atoms with E-state index in [1.165, 1.54) is 36.1 Å². The maximum absolute atomic E-state index is 13.3. The highest BCUT2D eigenvalue weighted by molar-refractivity contribution is 5.54. The Bertz CT molecular complexity index is 1130. The zero-order valence-electron chi connectivity index (χ0n) is 20.0. The molecule has 1 saturated heterocycles. The van der Waals surface area contributed by atoms with Crippen LogP contribution in [0.2, 0.25) is 0 Å². The minimum atomic E-state index is -0.884. The lowest BCUT2D eigenvalue weighted by molar-refractivity contribution is 0.0782. The van der Waals surface area contributed by atoms with E-state index in [0.29, 0.717) is 6.42 Å². The van der Waals surface area contributed by atoms with Crippen LogP contribution in [0, 0.1) is 5.82 Å². The van der Waals surface area contributed by atoms with Gasteiger partial charge in [0.1, 0.15) is 11.6 Å². The molecule has 3 heterocycles. The van der Waals surface area contributed by atoms with E-state index in [1.54, 1.807) is 20.0 Å². The Balaban J connectivity index is 1.31. The van der Waals surface area contributed by atoms with Crippen LogP contribution in [0.1, 0.15) is 54.6 Å². The molecule has 1 aliphatic carbocycles. The van der Waals surface area contributed by atoms with Crippen LogP contribution in [-0.2, 0) is 24.9 Å². The van der Waals surface area contributed by atoms with Gasteiger partial charge in [0.25, 0.3) is 0 Å². The predicted molar refractivity (Wildman–Crippen MR) is 132 cm³/mol. The SMILES string of the molecule is CC(C)(O)c1ccc(N2CCN(c3nnc(Cc4ccc(F)cc4)c4c3CCCC4)CC2)nc1. The first-order valence-electron chi connectivity index (χ1n) is 12.2. The van der Waals surface area contributed by atoms with Crippen LogP contribution in [0.4, 0.5) is 16.0 Å². The number of nitrogens with zero attached hydrogens (tertiary/aromatic N) is 5. The first-order valence-corrected chi connectivity index (χ1v) is 12.2. The number of aliphatic hydroxyl groups is 1. The van der Waals surface area contributed by atoms with Crippen molar-refractivity contribution < 1.29 is 9.50 Å². The largest absolute Gasteiger partial charge is 0.386 e. The number of benzene rings is 1. The van der Waals surface area contributed by atoms with Gasteiger partial charge in [0.15, 0.2) is 5.82 Å². The molecule has 1 aliphatic heterocycles.